The number of aryl methyl sites for hydroxylation is 2. The lowest BCUT2D eigenvalue weighted by Crippen LogP contribution is -2.19. The summed E-state index contributed by atoms with van der Waals surface area (Å²) in [7, 11) is 2.24. The Bertz CT molecular complexity index is 375. The molecule has 1 aliphatic carbocycles. The van der Waals surface area contributed by atoms with Crippen molar-refractivity contribution in [3.63, 3.8) is 0 Å². The summed E-state index contributed by atoms with van der Waals surface area (Å²) in [5.41, 5.74) is 4.66. The Morgan fingerprint density at radius 3 is 2.78 bits per heavy atom. The first-order valence-electron chi connectivity index (χ1n) is 7.15. The molecule has 0 bridgehead atoms. The molecule has 0 N–H and O–H groups in total. The molecule has 0 aliphatic heterocycles. The maximum atomic E-state index is 3.49. The molecule has 2 rings (SSSR count). The molecule has 0 saturated carbocycles. The van der Waals surface area contributed by atoms with Gasteiger partial charge in [-0.1, -0.05) is 40.5 Å². The molecule has 100 valence electrons. The third-order valence-corrected chi connectivity index (χ3v) is 4.35. The third-order valence-electron chi connectivity index (χ3n) is 3.79. The number of unbranched alkanes of at least 4 members (excludes halogenated alkanes) is 2. The first-order valence-corrected chi connectivity index (χ1v) is 8.27. The third kappa shape index (κ3) is 4.10. The van der Waals surface area contributed by atoms with Crippen molar-refractivity contribution in [2.75, 3.05) is 18.9 Å². The average Bonchev–Trinajstić information content (AvgIpc) is 2.82. The van der Waals surface area contributed by atoms with Gasteiger partial charge in [-0.25, -0.2) is 0 Å². The fourth-order valence-electron chi connectivity index (χ4n) is 2.77. The molecule has 1 aromatic carbocycles. The van der Waals surface area contributed by atoms with Crippen molar-refractivity contribution >= 4 is 15.9 Å². The topological polar surface area (TPSA) is 3.24 Å². The van der Waals surface area contributed by atoms with Crippen molar-refractivity contribution in [3.05, 3.63) is 34.9 Å². The molecule has 0 spiro atoms. The van der Waals surface area contributed by atoms with Gasteiger partial charge in [-0.3, -0.25) is 0 Å². The summed E-state index contributed by atoms with van der Waals surface area (Å²) in [5, 5.41) is 1.14. The predicted molar refractivity (Wildman–Crippen MR) is 82.4 cm³/mol. The van der Waals surface area contributed by atoms with Crippen molar-refractivity contribution in [2.24, 2.45) is 0 Å². The molecule has 0 fully saturated rings. The molecule has 1 aliphatic rings. The monoisotopic (exact) mass is 309 g/mol. The highest BCUT2D eigenvalue weighted by molar-refractivity contribution is 9.09. The second-order valence-corrected chi connectivity index (χ2v) is 6.24. The van der Waals surface area contributed by atoms with Gasteiger partial charge in [0, 0.05) is 11.9 Å². The Labute approximate surface area is 120 Å². The predicted octanol–water partition coefficient (Wildman–Crippen LogP) is 4.17. The molecule has 1 aromatic rings. The Hall–Kier alpha value is -0.340. The van der Waals surface area contributed by atoms with Crippen LogP contribution in [0.2, 0.25) is 0 Å². The molecule has 0 radical (unpaired) electrons. The standard InChI is InChI=1S/C16H24BrN/c1-18(11-4-2-3-10-17)13-14-8-9-15-6-5-7-16(15)12-14/h8-9,12H,2-7,10-11,13H2,1H3. The zero-order valence-electron chi connectivity index (χ0n) is 11.4. The summed E-state index contributed by atoms with van der Waals surface area (Å²) in [5.74, 6) is 0. The Balaban J connectivity index is 1.78. The van der Waals surface area contributed by atoms with Crippen LogP contribution in [-0.2, 0) is 19.4 Å². The normalized spacial score (nSPS) is 14.2. The van der Waals surface area contributed by atoms with E-state index in [1.54, 1.807) is 11.1 Å². The van der Waals surface area contributed by atoms with Crippen LogP contribution in [0.15, 0.2) is 18.2 Å². The fourth-order valence-corrected chi connectivity index (χ4v) is 3.16. The van der Waals surface area contributed by atoms with Gasteiger partial charge in [0.15, 0.2) is 0 Å². The molecule has 0 heterocycles. The number of fused-ring (bicyclic) bond motifs is 1. The fraction of sp³-hybridized carbons (Fsp3) is 0.625. The van der Waals surface area contributed by atoms with E-state index in [2.05, 4.69) is 46.1 Å². The Kier molecular flexibility index (Phi) is 5.71. The highest BCUT2D eigenvalue weighted by atomic mass is 79.9. The summed E-state index contributed by atoms with van der Waals surface area (Å²) in [6.07, 6.45) is 7.87. The van der Waals surface area contributed by atoms with Crippen LogP contribution < -0.4 is 0 Å². The molecular formula is C16H24BrN. The molecule has 0 saturated heterocycles. The van der Waals surface area contributed by atoms with Crippen LogP contribution in [0.5, 0.6) is 0 Å². The molecule has 0 unspecified atom stereocenters. The van der Waals surface area contributed by atoms with E-state index in [9.17, 15) is 0 Å². The van der Waals surface area contributed by atoms with Crippen molar-refractivity contribution in [3.8, 4) is 0 Å². The number of nitrogens with zero attached hydrogens (tertiary/aromatic N) is 1. The minimum absolute atomic E-state index is 1.10. The summed E-state index contributed by atoms with van der Waals surface area (Å²) >= 11 is 3.49. The molecule has 2 heteroatoms. The number of benzene rings is 1. The lowest BCUT2D eigenvalue weighted by atomic mass is 10.1. The summed E-state index contributed by atoms with van der Waals surface area (Å²) in [4.78, 5) is 2.45. The van der Waals surface area contributed by atoms with Crippen LogP contribution >= 0.6 is 15.9 Å². The van der Waals surface area contributed by atoms with E-state index in [0.29, 0.717) is 0 Å². The minimum atomic E-state index is 1.10. The quantitative estimate of drug-likeness (QED) is 0.539. The van der Waals surface area contributed by atoms with E-state index >= 15 is 0 Å². The summed E-state index contributed by atoms with van der Waals surface area (Å²) in [6.45, 7) is 2.31. The number of halogens is 1. The van der Waals surface area contributed by atoms with Crippen LogP contribution in [-0.4, -0.2) is 23.8 Å². The van der Waals surface area contributed by atoms with E-state index in [1.165, 1.54) is 50.6 Å². The second kappa shape index (κ2) is 7.30. The van der Waals surface area contributed by atoms with Crippen molar-refractivity contribution in [1.82, 2.24) is 4.90 Å². The van der Waals surface area contributed by atoms with Gasteiger partial charge in [-0.05, 0) is 62.4 Å². The highest BCUT2D eigenvalue weighted by Gasteiger charge is 2.11. The van der Waals surface area contributed by atoms with Gasteiger partial charge in [0.1, 0.15) is 0 Å². The molecule has 0 atom stereocenters. The van der Waals surface area contributed by atoms with E-state index in [1.807, 2.05) is 0 Å². The summed E-state index contributed by atoms with van der Waals surface area (Å²) in [6, 6.07) is 7.09. The first kappa shape index (κ1) is 14.1. The second-order valence-electron chi connectivity index (χ2n) is 5.44. The van der Waals surface area contributed by atoms with E-state index < -0.39 is 0 Å². The van der Waals surface area contributed by atoms with Crippen LogP contribution in [0.4, 0.5) is 0 Å². The molecule has 0 aromatic heterocycles. The molecule has 0 amide bonds. The van der Waals surface area contributed by atoms with Crippen LogP contribution in [0, 0.1) is 0 Å². The van der Waals surface area contributed by atoms with Gasteiger partial charge in [0.2, 0.25) is 0 Å². The van der Waals surface area contributed by atoms with Crippen molar-refractivity contribution in [1.29, 1.82) is 0 Å². The Morgan fingerprint density at radius 1 is 1.11 bits per heavy atom. The SMILES string of the molecule is CN(CCCCCBr)Cc1ccc2c(c1)CCC2. The van der Waals surface area contributed by atoms with Gasteiger partial charge in [-0.2, -0.15) is 0 Å². The number of hydrogen-bond donors (Lipinski definition) is 0. The van der Waals surface area contributed by atoms with Gasteiger partial charge in [-0.15, -0.1) is 0 Å². The molecular weight excluding hydrogens is 286 g/mol. The van der Waals surface area contributed by atoms with E-state index in [-0.39, 0.29) is 0 Å². The van der Waals surface area contributed by atoms with Crippen molar-refractivity contribution in [2.45, 2.75) is 45.1 Å². The van der Waals surface area contributed by atoms with Gasteiger partial charge in [0.25, 0.3) is 0 Å². The number of alkyl halides is 1. The highest BCUT2D eigenvalue weighted by Crippen LogP contribution is 2.23. The minimum Gasteiger partial charge on any atom is -0.302 e. The first-order chi connectivity index (χ1) is 8.79. The molecule has 1 nitrogen and oxygen atoms in total. The smallest absolute Gasteiger partial charge is 0.0230 e. The van der Waals surface area contributed by atoms with Gasteiger partial charge in [0.05, 0.1) is 0 Å². The van der Waals surface area contributed by atoms with Gasteiger partial charge < -0.3 is 4.90 Å². The van der Waals surface area contributed by atoms with Crippen LogP contribution in [0.3, 0.4) is 0 Å². The maximum Gasteiger partial charge on any atom is 0.0230 e. The maximum absolute atomic E-state index is 3.49. The molecule has 18 heavy (non-hydrogen) atoms. The zero-order chi connectivity index (χ0) is 12.8. The number of rotatable bonds is 7. The van der Waals surface area contributed by atoms with E-state index in [0.717, 1.165) is 11.9 Å². The Morgan fingerprint density at radius 2 is 1.94 bits per heavy atom. The van der Waals surface area contributed by atoms with E-state index in [4.69, 9.17) is 0 Å². The lowest BCUT2D eigenvalue weighted by Gasteiger charge is -2.17. The van der Waals surface area contributed by atoms with Crippen molar-refractivity contribution < 1.29 is 0 Å². The van der Waals surface area contributed by atoms with Crippen LogP contribution in [0.1, 0.15) is 42.4 Å². The van der Waals surface area contributed by atoms with Gasteiger partial charge >= 0.3 is 0 Å². The summed E-state index contributed by atoms with van der Waals surface area (Å²) < 4.78 is 0. The lowest BCUT2D eigenvalue weighted by molar-refractivity contribution is 0.318. The van der Waals surface area contributed by atoms with Crippen LogP contribution in [0.25, 0.3) is 0 Å². The largest absolute Gasteiger partial charge is 0.302 e. The number of hydrogen-bond acceptors (Lipinski definition) is 1. The zero-order valence-corrected chi connectivity index (χ0v) is 13.0. The average molecular weight is 310 g/mol.